The van der Waals surface area contributed by atoms with Crippen LogP contribution in [0.5, 0.6) is 5.75 Å². The summed E-state index contributed by atoms with van der Waals surface area (Å²) in [7, 11) is 1.10. The van der Waals surface area contributed by atoms with Crippen molar-refractivity contribution < 1.29 is 23.6 Å². The molecule has 1 saturated heterocycles. The fraction of sp³-hybridized carbons (Fsp3) is 0.611. The molecule has 0 amide bonds. The molecule has 0 aliphatic carbocycles. The number of hydrogen-bond acceptors (Lipinski definition) is 6. The van der Waals surface area contributed by atoms with Crippen molar-refractivity contribution in [2.24, 2.45) is 5.73 Å². The van der Waals surface area contributed by atoms with Gasteiger partial charge in [0.25, 0.3) is 0 Å². The van der Waals surface area contributed by atoms with Crippen LogP contribution in [0.2, 0.25) is 0 Å². The summed E-state index contributed by atoms with van der Waals surface area (Å²) in [4.78, 5) is 12.1. The lowest BCUT2D eigenvalue weighted by Crippen LogP contribution is -2.49. The zero-order chi connectivity index (χ0) is 18.4. The number of carbonyl (C=O) groups is 1. The Morgan fingerprint density at radius 2 is 1.88 bits per heavy atom. The zero-order valence-electron chi connectivity index (χ0n) is 15.5. The first kappa shape index (κ1) is 19.8. The summed E-state index contributed by atoms with van der Waals surface area (Å²) in [5.41, 5.74) is 6.06. The minimum atomic E-state index is -0.524. The minimum absolute atomic E-state index is 0.0433. The van der Waals surface area contributed by atoms with E-state index in [2.05, 4.69) is 0 Å². The van der Waals surface area contributed by atoms with Gasteiger partial charge in [0.15, 0.2) is 0 Å². The Labute approximate surface area is 150 Å². The zero-order valence-corrected chi connectivity index (χ0v) is 15.5. The quantitative estimate of drug-likeness (QED) is 0.621. The van der Waals surface area contributed by atoms with Gasteiger partial charge in [-0.2, -0.15) is 0 Å². The van der Waals surface area contributed by atoms with E-state index >= 15 is 0 Å². The summed E-state index contributed by atoms with van der Waals surface area (Å²) < 4.78 is 22.6. The normalized spacial score (nSPS) is 21.1. The largest absolute Gasteiger partial charge is 0.497 e. The number of carbonyl (C=O) groups excluding carboxylic acids is 1. The lowest BCUT2D eigenvalue weighted by Gasteiger charge is -2.34. The van der Waals surface area contributed by atoms with E-state index in [9.17, 15) is 4.79 Å². The maximum Gasteiger partial charge on any atom is 0.494 e. The fourth-order valence-electron chi connectivity index (χ4n) is 2.78. The monoisotopic (exact) mass is 349 g/mol. The maximum atomic E-state index is 12.1. The van der Waals surface area contributed by atoms with E-state index in [0.29, 0.717) is 13.0 Å². The average Bonchev–Trinajstić information content (AvgIpc) is 2.53. The van der Waals surface area contributed by atoms with E-state index < -0.39 is 12.7 Å². The summed E-state index contributed by atoms with van der Waals surface area (Å²) in [5, 5.41) is 0. The highest BCUT2D eigenvalue weighted by molar-refractivity contribution is 6.61. The van der Waals surface area contributed by atoms with Crippen LogP contribution in [0.1, 0.15) is 40.0 Å². The van der Waals surface area contributed by atoms with Gasteiger partial charge in [0.1, 0.15) is 11.4 Å². The van der Waals surface area contributed by atoms with Gasteiger partial charge in [0.2, 0.25) is 0 Å². The highest BCUT2D eigenvalue weighted by Crippen LogP contribution is 2.23. The molecule has 1 aliphatic heterocycles. The Morgan fingerprint density at radius 1 is 1.24 bits per heavy atom. The van der Waals surface area contributed by atoms with Gasteiger partial charge in [-0.25, -0.2) is 0 Å². The van der Waals surface area contributed by atoms with Crippen LogP contribution < -0.4 is 15.9 Å². The molecule has 1 fully saturated rings. The van der Waals surface area contributed by atoms with E-state index in [-0.39, 0.29) is 24.6 Å². The van der Waals surface area contributed by atoms with Crippen LogP contribution in [0.15, 0.2) is 24.3 Å². The second kappa shape index (κ2) is 8.69. The molecule has 0 bridgehead atoms. The predicted octanol–water partition coefficient (Wildman–Crippen LogP) is 1.65. The molecule has 1 aromatic rings. The summed E-state index contributed by atoms with van der Waals surface area (Å²) in [6.07, 6.45) is 1.25. The average molecular weight is 349 g/mol. The molecule has 0 spiro atoms. The van der Waals surface area contributed by atoms with Crippen LogP contribution in [-0.2, 0) is 18.8 Å². The molecule has 0 aromatic heterocycles. The smallest absolute Gasteiger partial charge is 0.494 e. The predicted molar refractivity (Wildman–Crippen MR) is 96.9 cm³/mol. The molecule has 2 atom stereocenters. The standard InChI is InChI=1S/C18H28BNO5/c1-18(2,3)23-17(21)12-16-11-15(9-10-20)24-19(25-16)13-5-7-14(22-4)8-6-13/h5-8,15-16H,9-12,20H2,1-4H3/t15-,16-/m0/s1. The molecular weight excluding hydrogens is 321 g/mol. The molecule has 138 valence electrons. The number of ether oxygens (including phenoxy) is 2. The number of methoxy groups -OCH3 is 1. The van der Waals surface area contributed by atoms with E-state index in [1.54, 1.807) is 7.11 Å². The van der Waals surface area contributed by atoms with Crippen molar-refractivity contribution in [2.45, 2.75) is 57.8 Å². The van der Waals surface area contributed by atoms with Crippen LogP contribution in [0.4, 0.5) is 0 Å². The Morgan fingerprint density at radius 3 is 2.44 bits per heavy atom. The number of nitrogens with two attached hydrogens (primary N) is 1. The molecule has 0 saturated carbocycles. The first-order valence-electron chi connectivity index (χ1n) is 8.67. The van der Waals surface area contributed by atoms with Crippen molar-refractivity contribution in [3.05, 3.63) is 24.3 Å². The molecule has 2 rings (SSSR count). The van der Waals surface area contributed by atoms with Gasteiger partial charge in [-0.15, -0.1) is 0 Å². The fourth-order valence-corrected chi connectivity index (χ4v) is 2.78. The van der Waals surface area contributed by atoms with Gasteiger partial charge in [-0.1, -0.05) is 12.1 Å². The first-order chi connectivity index (χ1) is 11.8. The topological polar surface area (TPSA) is 80.0 Å². The van der Waals surface area contributed by atoms with Crippen LogP contribution in [0.3, 0.4) is 0 Å². The molecule has 2 N–H and O–H groups in total. The highest BCUT2D eigenvalue weighted by Gasteiger charge is 2.36. The number of benzene rings is 1. The van der Waals surface area contributed by atoms with Crippen LogP contribution in [0, 0.1) is 0 Å². The Hall–Kier alpha value is -1.57. The van der Waals surface area contributed by atoms with Crippen molar-refractivity contribution in [2.75, 3.05) is 13.7 Å². The molecule has 1 aromatic carbocycles. The van der Waals surface area contributed by atoms with E-state index in [1.165, 1.54) is 0 Å². The third-order valence-electron chi connectivity index (χ3n) is 3.85. The minimum Gasteiger partial charge on any atom is -0.497 e. The van der Waals surface area contributed by atoms with E-state index in [0.717, 1.165) is 17.6 Å². The van der Waals surface area contributed by atoms with E-state index in [4.69, 9.17) is 24.5 Å². The van der Waals surface area contributed by atoms with Crippen molar-refractivity contribution in [1.29, 1.82) is 0 Å². The highest BCUT2D eigenvalue weighted by atomic mass is 16.6. The van der Waals surface area contributed by atoms with Crippen LogP contribution in [0.25, 0.3) is 0 Å². The van der Waals surface area contributed by atoms with Crippen molar-refractivity contribution >= 4 is 18.6 Å². The SMILES string of the molecule is COc1ccc(B2O[C@H](CC(=O)OC(C)(C)C)C[C@H](CCN)O2)cc1. The van der Waals surface area contributed by atoms with Crippen LogP contribution in [-0.4, -0.2) is 44.6 Å². The Bertz CT molecular complexity index is 558. The molecule has 0 radical (unpaired) electrons. The molecule has 7 heteroatoms. The molecule has 0 unspecified atom stereocenters. The van der Waals surface area contributed by atoms with Gasteiger partial charge in [-0.3, -0.25) is 4.79 Å². The van der Waals surface area contributed by atoms with Gasteiger partial charge >= 0.3 is 13.1 Å². The maximum absolute atomic E-state index is 12.1. The lowest BCUT2D eigenvalue weighted by atomic mass is 9.76. The summed E-state index contributed by atoms with van der Waals surface area (Å²) in [6, 6.07) is 7.52. The number of esters is 1. The van der Waals surface area contributed by atoms with Crippen molar-refractivity contribution in [3.8, 4) is 5.75 Å². The van der Waals surface area contributed by atoms with Gasteiger partial charge in [0, 0.05) is 6.10 Å². The second-order valence-corrected chi connectivity index (χ2v) is 7.22. The molecule has 1 aliphatic rings. The lowest BCUT2D eigenvalue weighted by molar-refractivity contribution is -0.157. The first-order valence-corrected chi connectivity index (χ1v) is 8.67. The Kier molecular flexibility index (Phi) is 6.87. The number of hydrogen-bond donors (Lipinski definition) is 1. The van der Waals surface area contributed by atoms with Gasteiger partial charge in [0.05, 0.1) is 19.6 Å². The third-order valence-corrected chi connectivity index (χ3v) is 3.85. The summed E-state index contributed by atoms with van der Waals surface area (Å²) in [6.45, 7) is 6.09. The second-order valence-electron chi connectivity index (χ2n) is 7.22. The Balaban J connectivity index is 2.05. The number of rotatable bonds is 6. The van der Waals surface area contributed by atoms with Gasteiger partial charge < -0.3 is 24.5 Å². The van der Waals surface area contributed by atoms with Crippen molar-refractivity contribution in [3.63, 3.8) is 0 Å². The van der Waals surface area contributed by atoms with Crippen molar-refractivity contribution in [1.82, 2.24) is 0 Å². The molecule has 1 heterocycles. The summed E-state index contributed by atoms with van der Waals surface area (Å²) >= 11 is 0. The van der Waals surface area contributed by atoms with Crippen LogP contribution >= 0.6 is 0 Å². The molecule has 25 heavy (non-hydrogen) atoms. The molecule has 6 nitrogen and oxygen atoms in total. The summed E-state index contributed by atoms with van der Waals surface area (Å²) in [5.74, 6) is 0.503. The third kappa shape index (κ3) is 6.34. The molecular formula is C18H28BNO5. The van der Waals surface area contributed by atoms with Gasteiger partial charge in [-0.05, 0) is 57.8 Å². The van der Waals surface area contributed by atoms with E-state index in [1.807, 2.05) is 45.0 Å².